The average Bonchev–Trinajstić information content (AvgIpc) is 3.45. The molecule has 0 atom stereocenters. The van der Waals surface area contributed by atoms with E-state index in [1.807, 2.05) is 41.9 Å². The van der Waals surface area contributed by atoms with Gasteiger partial charge in [-0.2, -0.15) is 4.98 Å². The van der Waals surface area contributed by atoms with Gasteiger partial charge in [0.1, 0.15) is 16.8 Å². The van der Waals surface area contributed by atoms with Crippen LogP contribution in [0.15, 0.2) is 59.3 Å². The van der Waals surface area contributed by atoms with Crippen LogP contribution in [-0.4, -0.2) is 39.6 Å². The van der Waals surface area contributed by atoms with Gasteiger partial charge in [-0.15, -0.1) is 0 Å². The second-order valence-corrected chi connectivity index (χ2v) is 7.52. The first-order valence-corrected chi connectivity index (χ1v) is 10.4. The Morgan fingerprint density at radius 1 is 1.12 bits per heavy atom. The molecule has 0 aliphatic carbocycles. The van der Waals surface area contributed by atoms with E-state index in [1.165, 1.54) is 0 Å². The van der Waals surface area contributed by atoms with Gasteiger partial charge in [0.15, 0.2) is 11.3 Å². The average molecular weight is 442 g/mol. The van der Waals surface area contributed by atoms with Gasteiger partial charge in [0.2, 0.25) is 5.89 Å². The van der Waals surface area contributed by atoms with Gasteiger partial charge in [-0.1, -0.05) is 24.3 Å². The first-order valence-electron chi connectivity index (χ1n) is 10.4. The van der Waals surface area contributed by atoms with Crippen molar-refractivity contribution in [2.75, 3.05) is 19.5 Å². The number of imidazole rings is 1. The fourth-order valence-electron chi connectivity index (χ4n) is 3.80. The molecular weight excluding hydrogens is 420 g/mol. The minimum atomic E-state index is -0.206. The minimum Gasteiger partial charge on any atom is -0.496 e. The lowest BCUT2D eigenvalue weighted by molar-refractivity contribution is 0.0948. The molecule has 0 aliphatic heterocycles. The number of ether oxygens (including phenoxy) is 1. The van der Waals surface area contributed by atoms with Crippen LogP contribution in [0.25, 0.3) is 33.7 Å². The zero-order chi connectivity index (χ0) is 22.9. The first-order chi connectivity index (χ1) is 16.1. The number of hydrogen-bond acceptors (Lipinski definition) is 7. The smallest absolute Gasteiger partial charge is 0.255 e. The van der Waals surface area contributed by atoms with E-state index in [9.17, 15) is 4.79 Å². The van der Waals surface area contributed by atoms with E-state index in [1.54, 1.807) is 38.7 Å². The molecule has 0 bridgehead atoms. The number of oxazole rings is 1. The van der Waals surface area contributed by atoms with Gasteiger partial charge < -0.3 is 24.4 Å². The highest BCUT2D eigenvalue weighted by atomic mass is 16.5. The van der Waals surface area contributed by atoms with E-state index in [2.05, 4.69) is 20.6 Å². The number of methoxy groups -OCH3 is 1. The van der Waals surface area contributed by atoms with Gasteiger partial charge in [-0.3, -0.25) is 4.79 Å². The van der Waals surface area contributed by atoms with Gasteiger partial charge >= 0.3 is 0 Å². The maximum atomic E-state index is 12.6. The Morgan fingerprint density at radius 2 is 1.97 bits per heavy atom. The normalized spacial score (nSPS) is 11.1. The predicted molar refractivity (Wildman–Crippen MR) is 125 cm³/mol. The summed E-state index contributed by atoms with van der Waals surface area (Å²) in [6.07, 6.45) is 1.73. The predicted octanol–water partition coefficient (Wildman–Crippen LogP) is 3.76. The molecule has 1 amide bonds. The molecule has 9 heteroatoms. The van der Waals surface area contributed by atoms with Gasteiger partial charge in [-0.25, -0.2) is 9.97 Å². The monoisotopic (exact) mass is 442 g/mol. The molecule has 3 heterocycles. The molecular formula is C24H22N6O3. The number of anilines is 1. The van der Waals surface area contributed by atoms with Crippen LogP contribution in [0.5, 0.6) is 5.75 Å². The number of carbonyl (C=O) groups is 1. The Hall–Kier alpha value is -4.40. The number of fused-ring (bicyclic) bond motifs is 3. The van der Waals surface area contributed by atoms with Crippen LogP contribution < -0.4 is 15.4 Å². The van der Waals surface area contributed by atoms with E-state index < -0.39 is 0 Å². The summed E-state index contributed by atoms with van der Waals surface area (Å²) in [5.74, 6) is 1.41. The number of hydrogen-bond donors (Lipinski definition) is 2. The van der Waals surface area contributed by atoms with Crippen molar-refractivity contribution < 1.29 is 13.9 Å². The lowest BCUT2D eigenvalue weighted by atomic mass is 10.1. The molecule has 2 N–H and O–H groups in total. The Balaban J connectivity index is 1.44. The summed E-state index contributed by atoms with van der Waals surface area (Å²) in [6, 6.07) is 14.8. The van der Waals surface area contributed by atoms with E-state index in [0.717, 1.165) is 22.2 Å². The van der Waals surface area contributed by atoms with Gasteiger partial charge in [0, 0.05) is 26.2 Å². The third-order valence-electron chi connectivity index (χ3n) is 5.42. The third kappa shape index (κ3) is 3.63. The third-order valence-corrected chi connectivity index (χ3v) is 5.42. The summed E-state index contributed by atoms with van der Waals surface area (Å²) in [4.78, 5) is 26.3. The number of rotatable bonds is 6. The van der Waals surface area contributed by atoms with Crippen LogP contribution in [0, 0.1) is 0 Å². The minimum absolute atomic E-state index is 0.206. The van der Waals surface area contributed by atoms with Crippen molar-refractivity contribution in [2.24, 2.45) is 7.05 Å². The molecule has 9 nitrogen and oxygen atoms in total. The molecule has 3 aromatic heterocycles. The molecule has 0 saturated heterocycles. The number of pyridine rings is 1. The van der Waals surface area contributed by atoms with Crippen LogP contribution >= 0.6 is 0 Å². The van der Waals surface area contributed by atoms with Crippen molar-refractivity contribution in [2.45, 2.75) is 6.54 Å². The molecule has 166 valence electrons. The van der Waals surface area contributed by atoms with Crippen LogP contribution in [0.3, 0.4) is 0 Å². The number of nitrogens with zero attached hydrogens (tertiary/aromatic N) is 4. The quantitative estimate of drug-likeness (QED) is 0.412. The van der Waals surface area contributed by atoms with Crippen molar-refractivity contribution >= 4 is 34.0 Å². The van der Waals surface area contributed by atoms with Gasteiger partial charge in [0.05, 0.1) is 19.0 Å². The van der Waals surface area contributed by atoms with Crippen LogP contribution in [0.1, 0.15) is 15.9 Å². The number of aryl methyl sites for hydroxylation is 1. The van der Waals surface area contributed by atoms with E-state index >= 15 is 0 Å². The second-order valence-electron chi connectivity index (χ2n) is 7.52. The zero-order valence-electron chi connectivity index (χ0n) is 18.4. The fourth-order valence-corrected chi connectivity index (χ4v) is 3.80. The van der Waals surface area contributed by atoms with Gasteiger partial charge in [0.25, 0.3) is 11.6 Å². The maximum absolute atomic E-state index is 12.6. The molecule has 33 heavy (non-hydrogen) atoms. The first kappa shape index (κ1) is 20.5. The summed E-state index contributed by atoms with van der Waals surface area (Å²) >= 11 is 0. The molecule has 0 radical (unpaired) electrons. The number of aromatic nitrogens is 4. The standard InChI is InChI=1S/C24H22N6O3/c1-25-21-18-20(30(2)13-27-18)19-24(29-21)33-23(28-19)15-8-6-7-14(11-15)12-26-22(31)16-9-4-5-10-17(16)32-3/h4-11,13H,12H2,1-3H3,(H,25,29)(H,26,31). The Morgan fingerprint density at radius 3 is 2.79 bits per heavy atom. The van der Waals surface area contributed by atoms with Crippen LogP contribution in [0.4, 0.5) is 5.82 Å². The van der Waals surface area contributed by atoms with E-state index in [4.69, 9.17) is 14.1 Å². The molecule has 0 saturated carbocycles. The van der Waals surface area contributed by atoms with Gasteiger partial charge in [-0.05, 0) is 29.8 Å². The van der Waals surface area contributed by atoms with Crippen LogP contribution in [-0.2, 0) is 13.6 Å². The lowest BCUT2D eigenvalue weighted by Crippen LogP contribution is -2.23. The summed E-state index contributed by atoms with van der Waals surface area (Å²) in [5.41, 5.74) is 4.85. The number of amides is 1. The number of nitrogens with one attached hydrogen (secondary N) is 2. The summed E-state index contributed by atoms with van der Waals surface area (Å²) in [5, 5.41) is 5.99. The number of benzene rings is 2. The van der Waals surface area contributed by atoms with Crippen molar-refractivity contribution in [1.82, 2.24) is 24.8 Å². The van der Waals surface area contributed by atoms with Crippen molar-refractivity contribution in [3.8, 4) is 17.2 Å². The number of carbonyl (C=O) groups excluding carboxylic acids is 1. The van der Waals surface area contributed by atoms with Crippen molar-refractivity contribution in [3.05, 3.63) is 66.0 Å². The molecule has 0 fully saturated rings. The van der Waals surface area contributed by atoms with Crippen LogP contribution in [0.2, 0.25) is 0 Å². The SMILES string of the molecule is CNc1nc2oc(-c3cccc(CNC(=O)c4ccccc4OC)c3)nc2c2c1ncn2C. The second kappa shape index (κ2) is 8.27. The number of para-hydroxylation sites is 1. The highest BCUT2D eigenvalue weighted by molar-refractivity contribution is 6.03. The highest BCUT2D eigenvalue weighted by Gasteiger charge is 2.19. The topological polar surface area (TPSA) is 107 Å². The molecule has 0 spiro atoms. The molecule has 0 aliphatic rings. The Bertz CT molecular complexity index is 1490. The Labute approximate surface area is 189 Å². The van der Waals surface area contributed by atoms with Crippen molar-refractivity contribution in [3.63, 3.8) is 0 Å². The summed E-state index contributed by atoms with van der Waals surface area (Å²) < 4.78 is 13.2. The largest absolute Gasteiger partial charge is 0.496 e. The molecule has 5 rings (SSSR count). The summed E-state index contributed by atoms with van der Waals surface area (Å²) in [6.45, 7) is 0.346. The highest BCUT2D eigenvalue weighted by Crippen LogP contribution is 2.31. The maximum Gasteiger partial charge on any atom is 0.255 e. The molecule has 5 aromatic rings. The molecule has 0 unspecified atom stereocenters. The molecule has 2 aromatic carbocycles. The lowest BCUT2D eigenvalue weighted by Gasteiger charge is -2.09. The zero-order valence-corrected chi connectivity index (χ0v) is 18.4. The van der Waals surface area contributed by atoms with Crippen molar-refractivity contribution in [1.29, 1.82) is 0 Å². The Kier molecular flexibility index (Phi) is 5.14. The fraction of sp³-hybridized carbons (Fsp3) is 0.167. The van der Waals surface area contributed by atoms with E-state index in [-0.39, 0.29) is 5.91 Å². The summed E-state index contributed by atoms with van der Waals surface area (Å²) in [7, 11) is 5.25. The van der Waals surface area contributed by atoms with E-state index in [0.29, 0.717) is 40.8 Å².